The predicted octanol–water partition coefficient (Wildman–Crippen LogP) is 1.49. The largest absolute Gasteiger partial charge is 0.476 e. The van der Waals surface area contributed by atoms with Crippen LogP contribution in [0, 0.1) is 11.3 Å². The van der Waals surface area contributed by atoms with E-state index in [1.54, 1.807) is 0 Å². The SMILES string of the molecule is N#Cc1ccc(-n2nncc2C(=O)O)c(Cl)c1. The molecule has 0 spiro atoms. The second-order valence-electron chi connectivity index (χ2n) is 3.11. The van der Waals surface area contributed by atoms with E-state index >= 15 is 0 Å². The van der Waals surface area contributed by atoms with Gasteiger partial charge in [-0.2, -0.15) is 5.26 Å². The van der Waals surface area contributed by atoms with Crippen LogP contribution in [0.3, 0.4) is 0 Å². The molecule has 1 aromatic carbocycles. The lowest BCUT2D eigenvalue weighted by Gasteiger charge is -2.05. The van der Waals surface area contributed by atoms with Crippen LogP contribution in [0.15, 0.2) is 24.4 Å². The van der Waals surface area contributed by atoms with Crippen LogP contribution < -0.4 is 0 Å². The van der Waals surface area contributed by atoms with Crippen molar-refractivity contribution in [3.05, 3.63) is 40.7 Å². The first-order valence-electron chi connectivity index (χ1n) is 4.47. The van der Waals surface area contributed by atoms with Gasteiger partial charge >= 0.3 is 5.97 Å². The van der Waals surface area contributed by atoms with Gasteiger partial charge in [-0.05, 0) is 18.2 Å². The number of carboxylic acids is 1. The average Bonchev–Trinajstić information content (AvgIpc) is 2.77. The Morgan fingerprint density at radius 3 is 2.88 bits per heavy atom. The van der Waals surface area contributed by atoms with E-state index in [2.05, 4.69) is 10.3 Å². The summed E-state index contributed by atoms with van der Waals surface area (Å²) in [6, 6.07) is 6.40. The van der Waals surface area contributed by atoms with Crippen molar-refractivity contribution in [3.8, 4) is 11.8 Å². The van der Waals surface area contributed by atoms with Gasteiger partial charge in [-0.15, -0.1) is 5.10 Å². The van der Waals surface area contributed by atoms with Crippen LogP contribution in [-0.4, -0.2) is 26.1 Å². The molecule has 1 aromatic heterocycles. The highest BCUT2D eigenvalue weighted by Crippen LogP contribution is 2.22. The maximum absolute atomic E-state index is 10.9. The lowest BCUT2D eigenvalue weighted by Crippen LogP contribution is -2.08. The summed E-state index contributed by atoms with van der Waals surface area (Å²) in [5.74, 6) is -1.16. The first kappa shape index (κ1) is 11.1. The molecule has 17 heavy (non-hydrogen) atoms. The number of carboxylic acid groups (broad SMARTS) is 1. The molecule has 0 saturated heterocycles. The zero-order valence-corrected chi connectivity index (χ0v) is 9.09. The minimum Gasteiger partial charge on any atom is -0.476 e. The molecule has 0 saturated carbocycles. The Balaban J connectivity index is 2.58. The monoisotopic (exact) mass is 248 g/mol. The van der Waals surface area contributed by atoms with Crippen molar-refractivity contribution in [2.45, 2.75) is 0 Å². The van der Waals surface area contributed by atoms with Crippen molar-refractivity contribution < 1.29 is 9.90 Å². The Kier molecular flexibility index (Phi) is 2.77. The van der Waals surface area contributed by atoms with Crippen molar-refractivity contribution in [3.63, 3.8) is 0 Å². The standard InChI is InChI=1S/C10H5ClN4O2/c11-7-3-6(4-12)1-2-8(7)15-9(10(16)17)5-13-14-15/h1-3,5H,(H,16,17). The third-order valence-electron chi connectivity index (χ3n) is 2.07. The molecule has 0 fully saturated rings. The maximum atomic E-state index is 10.9. The Morgan fingerprint density at radius 1 is 1.53 bits per heavy atom. The number of hydrogen-bond donors (Lipinski definition) is 1. The highest BCUT2D eigenvalue weighted by molar-refractivity contribution is 6.32. The molecule has 0 amide bonds. The van der Waals surface area contributed by atoms with Crippen molar-refractivity contribution >= 4 is 17.6 Å². The molecule has 6 nitrogen and oxygen atoms in total. The van der Waals surface area contributed by atoms with Crippen molar-refractivity contribution in [2.75, 3.05) is 0 Å². The van der Waals surface area contributed by atoms with Crippen LogP contribution >= 0.6 is 11.6 Å². The summed E-state index contributed by atoms with van der Waals surface area (Å²) in [5.41, 5.74) is 0.646. The zero-order chi connectivity index (χ0) is 12.4. The normalized spacial score (nSPS) is 9.88. The van der Waals surface area contributed by atoms with Crippen molar-refractivity contribution in [1.29, 1.82) is 5.26 Å². The number of benzene rings is 1. The number of carbonyl (C=O) groups is 1. The summed E-state index contributed by atoms with van der Waals surface area (Å²) in [6.07, 6.45) is 1.12. The van der Waals surface area contributed by atoms with E-state index < -0.39 is 5.97 Å². The number of hydrogen-bond acceptors (Lipinski definition) is 4. The summed E-state index contributed by atoms with van der Waals surface area (Å²) < 4.78 is 1.10. The Hall–Kier alpha value is -2.39. The number of aromatic nitrogens is 3. The van der Waals surface area contributed by atoms with Gasteiger partial charge in [0.15, 0.2) is 5.69 Å². The first-order valence-corrected chi connectivity index (χ1v) is 4.85. The molecule has 0 bridgehead atoms. The topological polar surface area (TPSA) is 91.8 Å². The van der Waals surface area contributed by atoms with Gasteiger partial charge in [0.1, 0.15) is 0 Å². The van der Waals surface area contributed by atoms with Crippen LogP contribution in [0.25, 0.3) is 5.69 Å². The summed E-state index contributed by atoms with van der Waals surface area (Å²) in [4.78, 5) is 10.9. The fourth-order valence-electron chi connectivity index (χ4n) is 1.31. The molecule has 1 heterocycles. The predicted molar refractivity (Wildman–Crippen MR) is 58.0 cm³/mol. The second-order valence-corrected chi connectivity index (χ2v) is 3.52. The van der Waals surface area contributed by atoms with Crippen LogP contribution in [0.5, 0.6) is 0 Å². The first-order chi connectivity index (χ1) is 8.13. The molecule has 7 heteroatoms. The highest BCUT2D eigenvalue weighted by atomic mass is 35.5. The van der Waals surface area contributed by atoms with Gasteiger partial charge in [0.25, 0.3) is 0 Å². The molecule has 0 unspecified atom stereocenters. The third-order valence-corrected chi connectivity index (χ3v) is 2.38. The fourth-order valence-corrected chi connectivity index (χ4v) is 1.57. The summed E-state index contributed by atoms with van der Waals surface area (Å²) in [6.45, 7) is 0. The molecular formula is C10H5ClN4O2. The van der Waals surface area contributed by atoms with Gasteiger partial charge in [-0.1, -0.05) is 16.8 Å². The molecule has 0 aliphatic heterocycles. The summed E-state index contributed by atoms with van der Waals surface area (Å²) >= 11 is 5.94. The second kappa shape index (κ2) is 4.23. The van der Waals surface area contributed by atoms with Gasteiger partial charge in [0.05, 0.1) is 28.5 Å². The van der Waals surface area contributed by atoms with Gasteiger partial charge in [-0.3, -0.25) is 0 Å². The van der Waals surface area contributed by atoms with Gasteiger partial charge in [-0.25, -0.2) is 9.48 Å². The van der Waals surface area contributed by atoms with E-state index in [4.69, 9.17) is 22.0 Å². The zero-order valence-electron chi connectivity index (χ0n) is 8.33. The summed E-state index contributed by atoms with van der Waals surface area (Å²) in [5, 5.41) is 25.0. The van der Waals surface area contributed by atoms with Crippen LogP contribution in [-0.2, 0) is 0 Å². The quantitative estimate of drug-likeness (QED) is 0.869. The Morgan fingerprint density at radius 2 is 2.29 bits per heavy atom. The number of nitrogens with zero attached hydrogens (tertiary/aromatic N) is 4. The fraction of sp³-hybridized carbons (Fsp3) is 0. The van der Waals surface area contributed by atoms with E-state index in [0.717, 1.165) is 10.9 Å². The average molecular weight is 249 g/mol. The molecule has 0 aliphatic rings. The number of rotatable bonds is 2. The van der Waals surface area contributed by atoms with Gasteiger partial charge in [0, 0.05) is 0 Å². The highest BCUT2D eigenvalue weighted by Gasteiger charge is 2.15. The number of nitriles is 1. The molecule has 0 radical (unpaired) electrons. The van der Waals surface area contributed by atoms with Crippen LogP contribution in [0.2, 0.25) is 5.02 Å². The summed E-state index contributed by atoms with van der Waals surface area (Å²) in [7, 11) is 0. The number of aromatic carboxylic acids is 1. The van der Waals surface area contributed by atoms with E-state index in [0.29, 0.717) is 11.3 Å². The van der Waals surface area contributed by atoms with Crippen LogP contribution in [0.4, 0.5) is 0 Å². The lowest BCUT2D eigenvalue weighted by atomic mass is 10.2. The Bertz CT molecular complexity index is 629. The molecule has 2 aromatic rings. The lowest BCUT2D eigenvalue weighted by molar-refractivity contribution is 0.0687. The van der Waals surface area contributed by atoms with Gasteiger partial charge in [0.2, 0.25) is 0 Å². The van der Waals surface area contributed by atoms with Crippen molar-refractivity contribution in [2.24, 2.45) is 0 Å². The van der Waals surface area contributed by atoms with E-state index in [-0.39, 0.29) is 10.7 Å². The third kappa shape index (κ3) is 1.96. The Labute approximate surface area is 101 Å². The minimum absolute atomic E-state index is 0.100. The van der Waals surface area contributed by atoms with Gasteiger partial charge < -0.3 is 5.11 Å². The van der Waals surface area contributed by atoms with E-state index in [1.165, 1.54) is 18.2 Å². The maximum Gasteiger partial charge on any atom is 0.356 e. The molecule has 2 rings (SSSR count). The van der Waals surface area contributed by atoms with E-state index in [1.807, 2.05) is 6.07 Å². The molecule has 0 atom stereocenters. The minimum atomic E-state index is -1.16. The number of halogens is 1. The van der Waals surface area contributed by atoms with Crippen molar-refractivity contribution in [1.82, 2.24) is 15.0 Å². The molecule has 0 aliphatic carbocycles. The van der Waals surface area contributed by atoms with E-state index in [9.17, 15) is 4.79 Å². The molecule has 84 valence electrons. The smallest absolute Gasteiger partial charge is 0.356 e. The molecule has 1 N–H and O–H groups in total. The van der Waals surface area contributed by atoms with Crippen LogP contribution in [0.1, 0.15) is 16.1 Å². The molecular weight excluding hydrogens is 244 g/mol.